The number of allylic oxidation sites excluding steroid dienone is 1. The van der Waals surface area contributed by atoms with Crippen molar-refractivity contribution in [1.82, 2.24) is 0 Å². The number of benzene rings is 2. The third-order valence-electron chi connectivity index (χ3n) is 3.50. The van der Waals surface area contributed by atoms with Crippen LogP contribution in [0.5, 0.6) is 11.5 Å². The molecule has 0 bridgehead atoms. The van der Waals surface area contributed by atoms with Crippen molar-refractivity contribution in [3.05, 3.63) is 59.2 Å². The molecule has 0 heterocycles. The number of rotatable bonds is 5. The van der Waals surface area contributed by atoms with Crippen LogP contribution in [0.3, 0.4) is 0 Å². The van der Waals surface area contributed by atoms with E-state index in [4.69, 9.17) is 9.47 Å². The van der Waals surface area contributed by atoms with Crippen molar-refractivity contribution in [1.29, 1.82) is 5.26 Å². The average Bonchev–Trinajstić information content (AvgIpc) is 2.59. The monoisotopic (exact) mass is 361 g/mol. The van der Waals surface area contributed by atoms with Gasteiger partial charge in [0.25, 0.3) is 0 Å². The van der Waals surface area contributed by atoms with E-state index in [1.54, 1.807) is 18.2 Å². The van der Waals surface area contributed by atoms with Gasteiger partial charge in [-0.1, -0.05) is 24.3 Å². The van der Waals surface area contributed by atoms with Crippen molar-refractivity contribution in [2.45, 2.75) is 26.1 Å². The lowest BCUT2D eigenvalue weighted by atomic mass is 10.0. The van der Waals surface area contributed by atoms with Crippen molar-refractivity contribution < 1.29 is 22.6 Å². The fourth-order valence-corrected chi connectivity index (χ4v) is 2.37. The van der Waals surface area contributed by atoms with E-state index in [0.717, 1.165) is 12.1 Å². The summed E-state index contributed by atoms with van der Waals surface area (Å²) in [6, 6.07) is 11.8. The number of nitrogens with zero attached hydrogens (tertiary/aromatic N) is 1. The van der Waals surface area contributed by atoms with Gasteiger partial charge in [-0.05, 0) is 43.7 Å². The first-order valence-electron chi connectivity index (χ1n) is 7.89. The maximum absolute atomic E-state index is 12.9. The van der Waals surface area contributed by atoms with Gasteiger partial charge >= 0.3 is 6.18 Å². The SMILES string of the molecule is COc1cccc(C=C(C#N)c2cccc(C(F)(F)F)c2)c1OC(C)C. The summed E-state index contributed by atoms with van der Waals surface area (Å²) in [4.78, 5) is 0. The predicted molar refractivity (Wildman–Crippen MR) is 93.7 cm³/mol. The first-order valence-corrected chi connectivity index (χ1v) is 7.89. The summed E-state index contributed by atoms with van der Waals surface area (Å²) in [5.74, 6) is 0.915. The summed E-state index contributed by atoms with van der Waals surface area (Å²) in [5.41, 5.74) is 0.0195. The topological polar surface area (TPSA) is 42.2 Å². The molecule has 6 heteroatoms. The second-order valence-electron chi connectivity index (χ2n) is 5.79. The molecule has 0 amide bonds. The summed E-state index contributed by atoms with van der Waals surface area (Å²) < 4.78 is 49.8. The lowest BCUT2D eigenvalue weighted by Gasteiger charge is -2.16. The molecule has 2 aromatic rings. The van der Waals surface area contributed by atoms with Crippen LogP contribution in [0.4, 0.5) is 13.2 Å². The molecule has 2 rings (SSSR count). The molecule has 0 aromatic heterocycles. The Kier molecular flexibility index (Phi) is 5.93. The quantitative estimate of drug-likeness (QED) is 0.517. The minimum Gasteiger partial charge on any atom is -0.493 e. The Bertz CT molecular complexity index is 849. The third-order valence-corrected chi connectivity index (χ3v) is 3.50. The smallest absolute Gasteiger partial charge is 0.416 e. The number of halogens is 3. The number of ether oxygens (including phenoxy) is 2. The molecule has 0 unspecified atom stereocenters. The summed E-state index contributed by atoms with van der Waals surface area (Å²) in [5, 5.41) is 9.46. The van der Waals surface area contributed by atoms with E-state index in [1.807, 2.05) is 19.9 Å². The van der Waals surface area contributed by atoms with E-state index >= 15 is 0 Å². The molecule has 3 nitrogen and oxygen atoms in total. The normalized spacial score (nSPS) is 12.0. The van der Waals surface area contributed by atoms with Crippen LogP contribution in [-0.2, 0) is 6.18 Å². The summed E-state index contributed by atoms with van der Waals surface area (Å²) in [7, 11) is 1.49. The minimum atomic E-state index is -4.47. The highest BCUT2D eigenvalue weighted by Gasteiger charge is 2.30. The standard InChI is InChI=1S/C20H18F3NO2/c1-13(2)26-19-15(7-5-9-18(19)25-3)10-16(12-24)14-6-4-8-17(11-14)20(21,22)23/h4-11,13H,1-3H3. The first kappa shape index (κ1) is 19.4. The Labute approximate surface area is 150 Å². The molecule has 0 radical (unpaired) electrons. The molecular weight excluding hydrogens is 343 g/mol. The molecule has 2 aromatic carbocycles. The van der Waals surface area contributed by atoms with Crippen LogP contribution in [0.1, 0.15) is 30.5 Å². The number of para-hydroxylation sites is 1. The zero-order chi connectivity index (χ0) is 19.3. The van der Waals surface area contributed by atoms with Gasteiger partial charge in [-0.2, -0.15) is 18.4 Å². The van der Waals surface area contributed by atoms with Crippen molar-refractivity contribution in [2.75, 3.05) is 7.11 Å². The molecule has 0 aliphatic heterocycles. The Morgan fingerprint density at radius 1 is 1.15 bits per heavy atom. The number of nitriles is 1. The molecule has 26 heavy (non-hydrogen) atoms. The lowest BCUT2D eigenvalue weighted by Crippen LogP contribution is -2.08. The van der Waals surface area contributed by atoms with E-state index in [-0.39, 0.29) is 17.2 Å². The number of alkyl halides is 3. The fraction of sp³-hybridized carbons (Fsp3) is 0.250. The molecule has 0 spiro atoms. The number of hydrogen-bond donors (Lipinski definition) is 0. The van der Waals surface area contributed by atoms with Crippen molar-refractivity contribution in [3.8, 4) is 17.6 Å². The Morgan fingerprint density at radius 3 is 2.42 bits per heavy atom. The maximum Gasteiger partial charge on any atom is 0.416 e. The van der Waals surface area contributed by atoms with Gasteiger partial charge < -0.3 is 9.47 Å². The van der Waals surface area contributed by atoms with Gasteiger partial charge in [0.15, 0.2) is 11.5 Å². The van der Waals surface area contributed by atoms with Crippen LogP contribution < -0.4 is 9.47 Å². The van der Waals surface area contributed by atoms with Crippen LogP contribution in [0.2, 0.25) is 0 Å². The minimum absolute atomic E-state index is 0.0953. The molecular formula is C20H18F3NO2. The summed E-state index contributed by atoms with van der Waals surface area (Å²) >= 11 is 0. The van der Waals surface area contributed by atoms with E-state index in [2.05, 4.69) is 0 Å². The molecule has 0 N–H and O–H groups in total. The van der Waals surface area contributed by atoms with Gasteiger partial charge in [0.2, 0.25) is 0 Å². The number of methoxy groups -OCH3 is 1. The highest BCUT2D eigenvalue weighted by atomic mass is 19.4. The van der Waals surface area contributed by atoms with Gasteiger partial charge in [0.1, 0.15) is 0 Å². The summed E-state index contributed by atoms with van der Waals surface area (Å²) in [6.45, 7) is 3.69. The van der Waals surface area contributed by atoms with E-state index in [1.165, 1.54) is 25.3 Å². The van der Waals surface area contributed by atoms with E-state index in [0.29, 0.717) is 17.1 Å². The second kappa shape index (κ2) is 7.96. The molecule has 0 aliphatic carbocycles. The molecule has 0 saturated heterocycles. The molecule has 136 valence electrons. The highest BCUT2D eigenvalue weighted by Crippen LogP contribution is 2.35. The van der Waals surface area contributed by atoms with Crippen LogP contribution in [0.15, 0.2) is 42.5 Å². The molecule has 0 aliphatic rings. The van der Waals surface area contributed by atoms with Crippen LogP contribution in [-0.4, -0.2) is 13.2 Å². The molecule has 0 fully saturated rings. The van der Waals surface area contributed by atoms with Crippen molar-refractivity contribution in [2.24, 2.45) is 0 Å². The predicted octanol–water partition coefficient (Wildman–Crippen LogP) is 5.57. The molecule has 0 atom stereocenters. The Balaban J connectivity index is 2.56. The van der Waals surface area contributed by atoms with Crippen LogP contribution in [0.25, 0.3) is 11.6 Å². The van der Waals surface area contributed by atoms with E-state index < -0.39 is 11.7 Å². The lowest BCUT2D eigenvalue weighted by molar-refractivity contribution is -0.137. The maximum atomic E-state index is 12.9. The Morgan fingerprint density at radius 2 is 1.85 bits per heavy atom. The van der Waals surface area contributed by atoms with Gasteiger partial charge in [0.05, 0.1) is 30.4 Å². The molecule has 0 saturated carbocycles. The first-order chi connectivity index (χ1) is 12.3. The van der Waals surface area contributed by atoms with Crippen LogP contribution in [0, 0.1) is 11.3 Å². The van der Waals surface area contributed by atoms with Crippen molar-refractivity contribution >= 4 is 11.6 Å². The van der Waals surface area contributed by atoms with Crippen molar-refractivity contribution in [3.63, 3.8) is 0 Å². The van der Waals surface area contributed by atoms with E-state index in [9.17, 15) is 18.4 Å². The zero-order valence-electron chi connectivity index (χ0n) is 14.6. The largest absolute Gasteiger partial charge is 0.493 e. The highest BCUT2D eigenvalue weighted by molar-refractivity contribution is 5.91. The number of hydrogen-bond acceptors (Lipinski definition) is 3. The van der Waals surface area contributed by atoms with Gasteiger partial charge in [0, 0.05) is 5.56 Å². The third kappa shape index (κ3) is 4.57. The second-order valence-corrected chi connectivity index (χ2v) is 5.79. The van der Waals surface area contributed by atoms with Gasteiger partial charge in [-0.25, -0.2) is 0 Å². The van der Waals surface area contributed by atoms with Gasteiger partial charge in [-0.15, -0.1) is 0 Å². The van der Waals surface area contributed by atoms with Gasteiger partial charge in [-0.3, -0.25) is 0 Å². The fourth-order valence-electron chi connectivity index (χ4n) is 2.37. The summed E-state index contributed by atoms with van der Waals surface area (Å²) in [6.07, 6.45) is -3.12. The average molecular weight is 361 g/mol. The Hall–Kier alpha value is -2.94. The van der Waals surface area contributed by atoms with Crippen LogP contribution >= 0.6 is 0 Å². The zero-order valence-corrected chi connectivity index (χ0v) is 14.6.